The van der Waals surface area contributed by atoms with Gasteiger partial charge in [-0.25, -0.2) is 0 Å². The molecule has 0 heterocycles. The summed E-state index contributed by atoms with van der Waals surface area (Å²) in [5.41, 5.74) is 0. The van der Waals surface area contributed by atoms with E-state index in [0.29, 0.717) is 19.6 Å². The molecule has 0 bridgehead atoms. The van der Waals surface area contributed by atoms with E-state index in [2.05, 4.69) is 6.92 Å². The van der Waals surface area contributed by atoms with Gasteiger partial charge in [0.15, 0.2) is 0 Å². The van der Waals surface area contributed by atoms with Crippen LogP contribution in [0.15, 0.2) is 0 Å². The van der Waals surface area contributed by atoms with Crippen molar-refractivity contribution in [2.75, 3.05) is 19.0 Å². The second kappa shape index (κ2) is 8.20. The van der Waals surface area contributed by atoms with Crippen molar-refractivity contribution in [2.45, 2.75) is 39.0 Å². The summed E-state index contributed by atoms with van der Waals surface area (Å²) in [7, 11) is -3.81. The predicted octanol–water partition coefficient (Wildman–Crippen LogP) is 1.86. The van der Waals surface area contributed by atoms with E-state index >= 15 is 0 Å². The van der Waals surface area contributed by atoms with Gasteiger partial charge in [-0.3, -0.25) is 4.55 Å². The lowest BCUT2D eigenvalue weighted by Gasteiger charge is -2.02. The smallest absolute Gasteiger partial charge is 0.264 e. The van der Waals surface area contributed by atoms with Crippen LogP contribution in [0.4, 0.5) is 0 Å². The SMILES string of the molecule is CCCCCCOCCCS(=O)(=O)O. The lowest BCUT2D eigenvalue weighted by atomic mass is 10.2. The highest BCUT2D eigenvalue weighted by Gasteiger charge is 2.02. The van der Waals surface area contributed by atoms with Gasteiger partial charge in [-0.1, -0.05) is 26.2 Å². The molecule has 0 rings (SSSR count). The molecule has 0 aromatic heterocycles. The van der Waals surface area contributed by atoms with Crippen LogP contribution in [-0.4, -0.2) is 31.9 Å². The standard InChI is InChI=1S/C9H20O4S/c1-2-3-4-5-7-13-8-6-9-14(10,11)12/h2-9H2,1H3,(H,10,11,12). The molecule has 86 valence electrons. The molecule has 0 aliphatic carbocycles. The molecule has 1 N–H and O–H groups in total. The van der Waals surface area contributed by atoms with Crippen molar-refractivity contribution >= 4 is 10.1 Å². The van der Waals surface area contributed by atoms with Crippen LogP contribution in [0.2, 0.25) is 0 Å². The van der Waals surface area contributed by atoms with E-state index in [9.17, 15) is 8.42 Å². The predicted molar refractivity (Wildman–Crippen MR) is 56.0 cm³/mol. The number of ether oxygens (including phenoxy) is 1. The first-order chi connectivity index (χ1) is 6.56. The maximum Gasteiger partial charge on any atom is 0.264 e. The summed E-state index contributed by atoms with van der Waals surface area (Å²) in [6.45, 7) is 3.24. The maximum atomic E-state index is 10.3. The Bertz CT molecular complexity index is 211. The van der Waals surface area contributed by atoms with Gasteiger partial charge in [0.1, 0.15) is 0 Å². The average Bonchev–Trinajstić information content (AvgIpc) is 2.08. The van der Waals surface area contributed by atoms with Gasteiger partial charge >= 0.3 is 0 Å². The summed E-state index contributed by atoms with van der Waals surface area (Å²) in [6, 6.07) is 0. The fraction of sp³-hybridized carbons (Fsp3) is 1.00. The van der Waals surface area contributed by atoms with Crippen LogP contribution in [0.5, 0.6) is 0 Å². The summed E-state index contributed by atoms with van der Waals surface area (Å²) < 4.78 is 34.2. The minimum atomic E-state index is -3.81. The normalized spacial score (nSPS) is 11.9. The second-order valence-corrected chi connectivity index (χ2v) is 4.88. The first-order valence-electron chi connectivity index (χ1n) is 5.09. The van der Waals surface area contributed by atoms with Crippen LogP contribution in [0, 0.1) is 0 Å². The highest BCUT2D eigenvalue weighted by atomic mass is 32.2. The van der Waals surface area contributed by atoms with E-state index in [4.69, 9.17) is 9.29 Å². The first-order valence-corrected chi connectivity index (χ1v) is 6.70. The van der Waals surface area contributed by atoms with E-state index in [-0.39, 0.29) is 5.75 Å². The lowest BCUT2D eigenvalue weighted by Crippen LogP contribution is -2.07. The highest BCUT2D eigenvalue weighted by Crippen LogP contribution is 1.99. The Morgan fingerprint density at radius 2 is 1.71 bits per heavy atom. The fourth-order valence-electron chi connectivity index (χ4n) is 1.08. The summed E-state index contributed by atoms with van der Waals surface area (Å²) in [6.07, 6.45) is 4.97. The van der Waals surface area contributed by atoms with Gasteiger partial charge in [0.2, 0.25) is 0 Å². The van der Waals surface area contributed by atoms with Gasteiger partial charge in [-0.2, -0.15) is 8.42 Å². The molecule has 0 atom stereocenters. The first kappa shape index (κ1) is 13.9. The Hall–Kier alpha value is -0.130. The molecule has 0 unspecified atom stereocenters. The third-order valence-electron chi connectivity index (χ3n) is 1.83. The molecule has 0 radical (unpaired) electrons. The molecule has 0 aromatic carbocycles. The molecule has 0 aliphatic heterocycles. The second-order valence-electron chi connectivity index (χ2n) is 3.31. The minimum Gasteiger partial charge on any atom is -0.381 e. The molecule has 0 amide bonds. The third-order valence-corrected chi connectivity index (χ3v) is 2.64. The lowest BCUT2D eigenvalue weighted by molar-refractivity contribution is 0.130. The summed E-state index contributed by atoms with van der Waals surface area (Å²) in [5, 5.41) is 0. The van der Waals surface area contributed by atoms with E-state index in [1.807, 2.05) is 0 Å². The Morgan fingerprint density at radius 1 is 1.07 bits per heavy atom. The van der Waals surface area contributed by atoms with Crippen LogP contribution in [0.1, 0.15) is 39.0 Å². The molecule has 14 heavy (non-hydrogen) atoms. The zero-order chi connectivity index (χ0) is 10.9. The van der Waals surface area contributed by atoms with Crippen molar-refractivity contribution in [2.24, 2.45) is 0 Å². The van der Waals surface area contributed by atoms with Crippen LogP contribution >= 0.6 is 0 Å². The van der Waals surface area contributed by atoms with E-state index in [1.165, 1.54) is 12.8 Å². The molecule has 0 aliphatic rings. The van der Waals surface area contributed by atoms with Crippen molar-refractivity contribution in [3.63, 3.8) is 0 Å². The molecule has 0 saturated carbocycles. The van der Waals surface area contributed by atoms with Gasteiger partial charge in [-0.15, -0.1) is 0 Å². The summed E-state index contributed by atoms with van der Waals surface area (Å²) >= 11 is 0. The number of hydrogen-bond acceptors (Lipinski definition) is 3. The molecular formula is C9H20O4S. The number of rotatable bonds is 9. The molecule has 0 saturated heterocycles. The van der Waals surface area contributed by atoms with Crippen LogP contribution in [0.25, 0.3) is 0 Å². The van der Waals surface area contributed by atoms with Gasteiger partial charge in [-0.05, 0) is 12.8 Å². The van der Waals surface area contributed by atoms with Crippen LogP contribution < -0.4 is 0 Å². The number of hydrogen-bond donors (Lipinski definition) is 1. The Labute approximate surface area is 86.4 Å². The fourth-order valence-corrected chi connectivity index (χ4v) is 1.56. The van der Waals surface area contributed by atoms with Crippen molar-refractivity contribution in [1.29, 1.82) is 0 Å². The van der Waals surface area contributed by atoms with Gasteiger partial charge in [0.25, 0.3) is 10.1 Å². The van der Waals surface area contributed by atoms with Crippen molar-refractivity contribution in [3.05, 3.63) is 0 Å². The molecular weight excluding hydrogens is 204 g/mol. The van der Waals surface area contributed by atoms with Crippen LogP contribution in [0.3, 0.4) is 0 Å². The van der Waals surface area contributed by atoms with Crippen LogP contribution in [-0.2, 0) is 14.9 Å². The highest BCUT2D eigenvalue weighted by molar-refractivity contribution is 7.85. The average molecular weight is 224 g/mol. The number of unbranched alkanes of at least 4 members (excludes halogenated alkanes) is 3. The van der Waals surface area contributed by atoms with Gasteiger partial charge in [0, 0.05) is 13.2 Å². The molecule has 0 spiro atoms. The Morgan fingerprint density at radius 3 is 2.29 bits per heavy atom. The van der Waals surface area contributed by atoms with Gasteiger partial charge < -0.3 is 4.74 Å². The Kier molecular flexibility index (Phi) is 8.12. The van der Waals surface area contributed by atoms with E-state index in [1.54, 1.807) is 0 Å². The molecule has 5 heteroatoms. The topological polar surface area (TPSA) is 63.6 Å². The monoisotopic (exact) mass is 224 g/mol. The third kappa shape index (κ3) is 11.9. The van der Waals surface area contributed by atoms with Crippen molar-refractivity contribution in [3.8, 4) is 0 Å². The van der Waals surface area contributed by atoms with E-state index < -0.39 is 10.1 Å². The largest absolute Gasteiger partial charge is 0.381 e. The van der Waals surface area contributed by atoms with Gasteiger partial charge in [0.05, 0.1) is 5.75 Å². The zero-order valence-corrected chi connectivity index (χ0v) is 9.55. The minimum absolute atomic E-state index is 0.206. The van der Waals surface area contributed by atoms with Crippen molar-refractivity contribution in [1.82, 2.24) is 0 Å². The molecule has 4 nitrogen and oxygen atoms in total. The maximum absolute atomic E-state index is 10.3. The van der Waals surface area contributed by atoms with Crippen molar-refractivity contribution < 1.29 is 17.7 Å². The molecule has 0 fully saturated rings. The Balaban J connectivity index is 3.07. The van der Waals surface area contributed by atoms with E-state index in [0.717, 1.165) is 12.8 Å². The quantitative estimate of drug-likeness (QED) is 0.479. The molecule has 0 aromatic rings. The summed E-state index contributed by atoms with van der Waals surface area (Å²) in [5.74, 6) is -0.206. The zero-order valence-electron chi connectivity index (χ0n) is 8.74. The summed E-state index contributed by atoms with van der Waals surface area (Å²) in [4.78, 5) is 0.